The number of nitrogen functional groups attached to an aromatic ring is 1. The van der Waals surface area contributed by atoms with E-state index in [2.05, 4.69) is 0 Å². The topological polar surface area (TPSA) is 62.9 Å². The molecule has 0 spiro atoms. The van der Waals surface area contributed by atoms with Crippen molar-refractivity contribution in [2.45, 2.75) is 0 Å². The summed E-state index contributed by atoms with van der Waals surface area (Å²) in [6.07, 6.45) is 0. The highest BCUT2D eigenvalue weighted by Gasteiger charge is 2.45. The van der Waals surface area contributed by atoms with Crippen LogP contribution >= 0.6 is 0 Å². The van der Waals surface area contributed by atoms with Crippen molar-refractivity contribution in [2.75, 3.05) is 27.1 Å². The smallest absolute Gasteiger partial charge is 0.478 e. The third-order valence-electron chi connectivity index (χ3n) is 1.90. The van der Waals surface area contributed by atoms with Crippen molar-refractivity contribution >= 4 is 14.7 Å². The molecule has 2 N–H and O–H groups in total. The van der Waals surface area contributed by atoms with E-state index in [1.54, 1.807) is 12.1 Å². The summed E-state index contributed by atoms with van der Waals surface area (Å²) < 4.78 is 20.9. The van der Waals surface area contributed by atoms with Crippen molar-refractivity contribution in [1.82, 2.24) is 0 Å². The monoisotopic (exact) mass is 229 g/mol. The van der Waals surface area contributed by atoms with Gasteiger partial charge in [-0.05, 0) is 12.1 Å². The third-order valence-corrected chi connectivity index (χ3v) is 3.87. The van der Waals surface area contributed by atoms with E-state index in [0.717, 1.165) is 0 Å². The molecule has 0 atom stereocenters. The Morgan fingerprint density at radius 1 is 1.00 bits per heavy atom. The first-order valence-electron chi connectivity index (χ1n) is 4.36. The summed E-state index contributed by atoms with van der Waals surface area (Å²) in [7, 11) is 1.34. The summed E-state index contributed by atoms with van der Waals surface area (Å²) >= 11 is 0. The molecule has 0 aliphatic rings. The van der Waals surface area contributed by atoms with Crippen LogP contribution in [-0.4, -0.2) is 30.4 Å². The molecule has 1 aromatic rings. The molecule has 15 heavy (non-hydrogen) atoms. The van der Waals surface area contributed by atoms with Gasteiger partial charge < -0.3 is 23.4 Å². The predicted molar refractivity (Wildman–Crippen MR) is 58.3 cm³/mol. The van der Waals surface area contributed by atoms with Gasteiger partial charge in [-0.3, -0.25) is 0 Å². The van der Waals surface area contributed by atoms with Crippen molar-refractivity contribution in [1.29, 1.82) is 0 Å². The second kappa shape index (κ2) is 5.13. The molecule has 0 saturated carbocycles. The van der Waals surface area contributed by atoms with E-state index in [9.17, 15) is 0 Å². The van der Waals surface area contributed by atoms with Crippen LogP contribution in [-0.2, 0) is 13.3 Å². The minimum absolute atomic E-state index is 0.495. The van der Waals surface area contributed by atoms with Crippen LogP contribution < -0.4 is 10.2 Å². The molecule has 0 heterocycles. The standard InChI is InChI=1S/C9H15NO4Si/c1-11-15(12-2,13-3)14-9-7-5-4-6-8(9)10/h4-7H,10H2,1-3H3. The maximum Gasteiger partial charge on any atom is 0.748 e. The summed E-state index contributed by atoms with van der Waals surface area (Å²) in [4.78, 5) is 0. The van der Waals surface area contributed by atoms with Crippen LogP contribution in [0.5, 0.6) is 5.75 Å². The Bertz CT molecular complexity index is 308. The molecule has 0 aliphatic carbocycles. The first-order chi connectivity index (χ1) is 7.17. The highest BCUT2D eigenvalue weighted by atomic mass is 28.4. The molecule has 5 nitrogen and oxygen atoms in total. The van der Waals surface area contributed by atoms with E-state index >= 15 is 0 Å². The lowest BCUT2D eigenvalue weighted by molar-refractivity contribution is 0.0513. The van der Waals surface area contributed by atoms with Gasteiger partial charge in [0.1, 0.15) is 5.75 Å². The van der Waals surface area contributed by atoms with Gasteiger partial charge in [0, 0.05) is 21.3 Å². The lowest BCUT2D eigenvalue weighted by atomic mass is 10.3. The minimum Gasteiger partial charge on any atom is -0.478 e. The molecule has 0 amide bonds. The molecular weight excluding hydrogens is 214 g/mol. The average Bonchev–Trinajstić information content (AvgIpc) is 2.29. The number of anilines is 1. The zero-order valence-corrected chi connectivity index (χ0v) is 10.0. The maximum atomic E-state index is 5.72. The number of nitrogens with two attached hydrogens (primary N) is 1. The first kappa shape index (κ1) is 12.0. The third kappa shape index (κ3) is 2.69. The van der Waals surface area contributed by atoms with E-state index in [1.807, 2.05) is 12.1 Å². The molecule has 84 valence electrons. The molecule has 0 fully saturated rings. The van der Waals surface area contributed by atoms with Crippen LogP contribution in [0.3, 0.4) is 0 Å². The Morgan fingerprint density at radius 3 is 2.00 bits per heavy atom. The van der Waals surface area contributed by atoms with Crippen LogP contribution in [0.4, 0.5) is 5.69 Å². The number of benzene rings is 1. The van der Waals surface area contributed by atoms with Gasteiger partial charge in [-0.15, -0.1) is 0 Å². The van der Waals surface area contributed by atoms with Gasteiger partial charge in [0.15, 0.2) is 0 Å². The Morgan fingerprint density at radius 2 is 1.53 bits per heavy atom. The fourth-order valence-corrected chi connectivity index (χ4v) is 2.29. The highest BCUT2D eigenvalue weighted by molar-refractivity contribution is 6.54. The van der Waals surface area contributed by atoms with Crippen molar-refractivity contribution in [2.24, 2.45) is 0 Å². The van der Waals surface area contributed by atoms with Gasteiger partial charge in [0.25, 0.3) is 0 Å². The van der Waals surface area contributed by atoms with Gasteiger partial charge in [0.2, 0.25) is 0 Å². The molecule has 0 aromatic heterocycles. The summed E-state index contributed by atoms with van der Waals surface area (Å²) in [5.74, 6) is 0.495. The van der Waals surface area contributed by atoms with Crippen LogP contribution in [0.2, 0.25) is 0 Å². The second-order valence-electron chi connectivity index (χ2n) is 2.75. The Labute approximate surface area is 90.2 Å². The molecule has 1 aromatic carbocycles. The van der Waals surface area contributed by atoms with Gasteiger partial charge >= 0.3 is 9.05 Å². The largest absolute Gasteiger partial charge is 0.748 e. The minimum atomic E-state index is -3.07. The van der Waals surface area contributed by atoms with Crippen LogP contribution in [0, 0.1) is 0 Å². The molecule has 1 rings (SSSR count). The van der Waals surface area contributed by atoms with Gasteiger partial charge in [0.05, 0.1) is 5.69 Å². The number of hydrogen-bond donors (Lipinski definition) is 1. The van der Waals surface area contributed by atoms with E-state index in [0.29, 0.717) is 11.4 Å². The zero-order chi connectivity index (χ0) is 11.3. The van der Waals surface area contributed by atoms with Gasteiger partial charge in [-0.25, -0.2) is 0 Å². The Kier molecular flexibility index (Phi) is 4.10. The molecule has 0 unspecified atom stereocenters. The van der Waals surface area contributed by atoms with Crippen molar-refractivity contribution in [3.8, 4) is 5.75 Å². The first-order valence-corrected chi connectivity index (χ1v) is 5.99. The fraction of sp³-hybridized carbons (Fsp3) is 0.333. The van der Waals surface area contributed by atoms with Crippen molar-refractivity contribution in [3.05, 3.63) is 24.3 Å². The second-order valence-corrected chi connectivity index (χ2v) is 5.18. The molecule has 0 aliphatic heterocycles. The van der Waals surface area contributed by atoms with Crippen LogP contribution in [0.25, 0.3) is 0 Å². The molecule has 0 radical (unpaired) electrons. The quantitative estimate of drug-likeness (QED) is 0.603. The van der Waals surface area contributed by atoms with Crippen LogP contribution in [0.15, 0.2) is 24.3 Å². The maximum absolute atomic E-state index is 5.72. The summed E-state index contributed by atoms with van der Waals surface area (Å²) in [6, 6.07) is 7.09. The highest BCUT2D eigenvalue weighted by Crippen LogP contribution is 2.24. The molecule has 0 bridgehead atoms. The SMILES string of the molecule is CO[Si](OC)(OC)Oc1ccccc1N. The van der Waals surface area contributed by atoms with Crippen LogP contribution in [0.1, 0.15) is 0 Å². The summed E-state index contributed by atoms with van der Waals surface area (Å²) in [5, 5.41) is 0. The lowest BCUT2D eigenvalue weighted by Crippen LogP contribution is -2.49. The number of rotatable bonds is 5. The van der Waals surface area contributed by atoms with E-state index in [1.165, 1.54) is 21.3 Å². The average molecular weight is 229 g/mol. The Balaban J connectivity index is 2.88. The number of para-hydroxylation sites is 2. The van der Waals surface area contributed by atoms with Crippen molar-refractivity contribution in [3.63, 3.8) is 0 Å². The molecule has 6 heteroatoms. The normalized spacial score (nSPS) is 11.4. The van der Waals surface area contributed by atoms with E-state index < -0.39 is 9.05 Å². The lowest BCUT2D eigenvalue weighted by Gasteiger charge is -2.23. The van der Waals surface area contributed by atoms with Gasteiger partial charge in [-0.1, -0.05) is 12.1 Å². The zero-order valence-electron chi connectivity index (χ0n) is 9.02. The Hall–Kier alpha value is -1.08. The van der Waals surface area contributed by atoms with Crippen molar-refractivity contribution < 1.29 is 17.7 Å². The van der Waals surface area contributed by atoms with E-state index in [-0.39, 0.29) is 0 Å². The summed E-state index contributed by atoms with van der Waals surface area (Å²) in [5.41, 5.74) is 6.24. The number of hydrogen-bond acceptors (Lipinski definition) is 5. The molecular formula is C9H15NO4Si. The fourth-order valence-electron chi connectivity index (χ4n) is 1.08. The summed E-state index contributed by atoms with van der Waals surface area (Å²) in [6.45, 7) is 0. The van der Waals surface area contributed by atoms with E-state index in [4.69, 9.17) is 23.4 Å². The van der Waals surface area contributed by atoms with Gasteiger partial charge in [-0.2, -0.15) is 0 Å². The molecule has 0 saturated heterocycles. The predicted octanol–water partition coefficient (Wildman–Crippen LogP) is 1.02.